The van der Waals surface area contributed by atoms with Crippen molar-refractivity contribution in [3.63, 3.8) is 0 Å². The van der Waals surface area contributed by atoms with Gasteiger partial charge < -0.3 is 57.2 Å². The highest BCUT2D eigenvalue weighted by Gasteiger charge is 2.26. The number of amides is 2. The van der Waals surface area contributed by atoms with E-state index in [-0.39, 0.29) is 51.2 Å². The molecule has 0 aromatic heterocycles. The molecule has 0 spiro atoms. The van der Waals surface area contributed by atoms with Crippen molar-refractivity contribution in [2.45, 2.75) is 466 Å². The first kappa shape index (κ1) is 115. The molecule has 0 saturated carbocycles. The molecular weight excluding hydrogens is 1620 g/mol. The molecule has 4 aromatic rings. The van der Waals surface area contributed by atoms with Gasteiger partial charge in [-0.2, -0.15) is 0 Å². The molecule has 0 aliphatic rings. The van der Waals surface area contributed by atoms with E-state index in [0.29, 0.717) is 121 Å². The van der Waals surface area contributed by atoms with E-state index in [4.69, 9.17) is 47.4 Å². The van der Waals surface area contributed by atoms with Gasteiger partial charge in [-0.1, -0.05) is 415 Å². The SMILES string of the molecule is CCCCCCCCCCOc1ccc(C(=O)OCCN(CCN(CCOC(=O)c2ccc(OCCCCCCCCCC)c(OCCCCCCCCCC)c2)C(=O)c2ccc(OCCCCCCCCCC)c(OCCCCCCCCCC)c2)C(=O)c2ccc(OCCCCCCCCCC)c(OCCCCCCCCCC)c2)cc1OCCCCCCCCCC. The number of nitrogens with zero attached hydrogens (tertiary/aromatic N) is 2. The highest BCUT2D eigenvalue weighted by atomic mass is 16.5. The molecule has 742 valence electrons. The predicted molar refractivity (Wildman–Crippen MR) is 543 cm³/mol. The lowest BCUT2D eigenvalue weighted by Gasteiger charge is -2.28. The Labute approximate surface area is 795 Å². The Hall–Kier alpha value is -6.84. The summed E-state index contributed by atoms with van der Waals surface area (Å²) in [4.78, 5) is 64.1. The van der Waals surface area contributed by atoms with Gasteiger partial charge in [-0.25, -0.2) is 9.59 Å². The second kappa shape index (κ2) is 82.8. The average molecular weight is 1810 g/mol. The second-order valence-corrected chi connectivity index (χ2v) is 37.1. The van der Waals surface area contributed by atoms with E-state index >= 15 is 9.59 Å². The van der Waals surface area contributed by atoms with Crippen LogP contribution in [0.5, 0.6) is 46.0 Å². The monoisotopic (exact) mass is 1810 g/mol. The zero-order chi connectivity index (χ0) is 93.1. The number of rotatable bonds is 93. The number of benzene rings is 4. The Balaban J connectivity index is 1.81. The smallest absolute Gasteiger partial charge is 0.338 e. The molecule has 4 aromatic carbocycles. The molecular formula is C114H192N2O14. The van der Waals surface area contributed by atoms with Crippen LogP contribution in [-0.2, 0) is 9.47 Å². The molecule has 2 amide bonds. The van der Waals surface area contributed by atoms with Crippen LogP contribution < -0.4 is 37.9 Å². The summed E-state index contributed by atoms with van der Waals surface area (Å²) in [6.07, 6.45) is 74.8. The second-order valence-electron chi connectivity index (χ2n) is 37.1. The first-order chi connectivity index (χ1) is 64.0. The highest BCUT2D eigenvalue weighted by molar-refractivity contribution is 5.96. The Morgan fingerprint density at radius 1 is 0.177 bits per heavy atom. The van der Waals surface area contributed by atoms with Gasteiger partial charge in [0.1, 0.15) is 13.2 Å². The van der Waals surface area contributed by atoms with Crippen molar-refractivity contribution in [3.05, 3.63) is 95.1 Å². The maximum atomic E-state index is 15.8. The largest absolute Gasteiger partial charge is 0.490 e. The van der Waals surface area contributed by atoms with Crippen molar-refractivity contribution in [1.82, 2.24) is 9.80 Å². The van der Waals surface area contributed by atoms with Crippen LogP contribution in [-0.4, -0.2) is 126 Å². The summed E-state index contributed by atoms with van der Waals surface area (Å²) >= 11 is 0. The van der Waals surface area contributed by atoms with E-state index in [1.165, 1.54) is 270 Å². The lowest BCUT2D eigenvalue weighted by atomic mass is 10.1. The Morgan fingerprint density at radius 3 is 0.515 bits per heavy atom. The number of ether oxygens (including phenoxy) is 10. The maximum Gasteiger partial charge on any atom is 0.338 e. The van der Waals surface area contributed by atoms with Gasteiger partial charge in [0, 0.05) is 24.2 Å². The van der Waals surface area contributed by atoms with E-state index < -0.39 is 11.9 Å². The van der Waals surface area contributed by atoms with Crippen molar-refractivity contribution < 1.29 is 66.5 Å². The summed E-state index contributed by atoms with van der Waals surface area (Å²) in [5.74, 6) is 2.55. The van der Waals surface area contributed by atoms with Gasteiger partial charge in [0.2, 0.25) is 0 Å². The first-order valence-corrected chi connectivity index (χ1v) is 54.6. The predicted octanol–water partition coefficient (Wildman–Crippen LogP) is 33.1. The summed E-state index contributed by atoms with van der Waals surface area (Å²) in [6.45, 7) is 21.7. The fourth-order valence-electron chi connectivity index (χ4n) is 16.7. The molecule has 0 saturated heterocycles. The van der Waals surface area contributed by atoms with Crippen LogP contribution in [0.4, 0.5) is 0 Å². The summed E-state index contributed by atoms with van der Waals surface area (Å²) < 4.78 is 64.8. The zero-order valence-electron chi connectivity index (χ0n) is 84.7. The molecule has 0 aliphatic heterocycles. The van der Waals surface area contributed by atoms with Crippen LogP contribution in [0.15, 0.2) is 72.8 Å². The summed E-state index contributed by atoms with van der Waals surface area (Å²) in [5, 5.41) is 0. The number of unbranched alkanes of at least 4 members (excludes halogenated alkanes) is 56. The van der Waals surface area contributed by atoms with Gasteiger partial charge in [-0.3, -0.25) is 9.59 Å². The summed E-state index contributed by atoms with van der Waals surface area (Å²) in [7, 11) is 0. The van der Waals surface area contributed by atoms with Crippen LogP contribution in [0, 0.1) is 0 Å². The van der Waals surface area contributed by atoms with Crippen LogP contribution in [0.25, 0.3) is 0 Å². The Bertz CT molecular complexity index is 3140. The first-order valence-electron chi connectivity index (χ1n) is 54.6. The normalized spacial score (nSPS) is 11.3. The number of carbonyl (C=O) groups excluding carboxylic acids is 4. The van der Waals surface area contributed by atoms with Gasteiger partial charge in [0.15, 0.2) is 46.0 Å². The summed E-state index contributed by atoms with van der Waals surface area (Å²) in [6, 6.07) is 21.5. The maximum absolute atomic E-state index is 15.8. The van der Waals surface area contributed by atoms with Crippen LogP contribution >= 0.6 is 0 Å². The topological polar surface area (TPSA) is 167 Å². The van der Waals surface area contributed by atoms with Crippen LogP contribution in [0.1, 0.15) is 508 Å². The van der Waals surface area contributed by atoms with Gasteiger partial charge in [0.05, 0.1) is 77.1 Å². The van der Waals surface area contributed by atoms with Crippen molar-refractivity contribution in [1.29, 1.82) is 0 Å². The van der Waals surface area contributed by atoms with Gasteiger partial charge >= 0.3 is 11.9 Å². The molecule has 0 bridgehead atoms. The van der Waals surface area contributed by atoms with Crippen molar-refractivity contribution in [2.24, 2.45) is 0 Å². The quantitative estimate of drug-likeness (QED) is 0.0302. The lowest BCUT2D eigenvalue weighted by Crippen LogP contribution is -2.43. The molecule has 16 nitrogen and oxygen atoms in total. The molecule has 0 N–H and O–H groups in total. The van der Waals surface area contributed by atoms with Gasteiger partial charge in [-0.15, -0.1) is 0 Å². The molecule has 0 fully saturated rings. The average Bonchev–Trinajstić information content (AvgIpc) is 0.819. The van der Waals surface area contributed by atoms with Crippen LogP contribution in [0.2, 0.25) is 0 Å². The number of esters is 2. The number of carbonyl (C=O) groups is 4. The van der Waals surface area contributed by atoms with Crippen LogP contribution in [0.3, 0.4) is 0 Å². The molecule has 16 heteroatoms. The van der Waals surface area contributed by atoms with Gasteiger partial charge in [0.25, 0.3) is 11.8 Å². The minimum Gasteiger partial charge on any atom is -0.490 e. The Morgan fingerprint density at radius 2 is 0.331 bits per heavy atom. The van der Waals surface area contributed by atoms with E-state index in [1.54, 1.807) is 58.3 Å². The number of hydrogen-bond donors (Lipinski definition) is 0. The van der Waals surface area contributed by atoms with Gasteiger partial charge in [-0.05, 0) is 124 Å². The Kier molecular flexibility index (Phi) is 73.6. The fraction of sp³-hybridized carbons (Fsp3) is 0.754. The third kappa shape index (κ3) is 57.7. The van der Waals surface area contributed by atoms with Crippen molar-refractivity contribution in [2.75, 3.05) is 92.2 Å². The summed E-state index contributed by atoms with van der Waals surface area (Å²) in [5.41, 5.74) is 1.33. The number of hydrogen-bond acceptors (Lipinski definition) is 14. The van der Waals surface area contributed by atoms with E-state index in [0.717, 1.165) is 141 Å². The molecule has 0 radical (unpaired) electrons. The standard InChI is InChI=1S/C114H192N2O14/c1-9-17-25-33-41-49-57-65-85-121-103-77-73-99(95-107(103)125-89-69-61-53-45-37-29-21-13-5)111(117)115(83-93-129-113(119)101-75-79-105(123-87-67-59-51-43-35-27-19-11-3)109(97-101)127-91-71-63-55-47-39-31-23-15-7)81-82-116(112(118)100-74-78-104(122-86-66-58-50-42-34-26-18-10-2)108(96-100)126-90-70-62-54-46-38-30-22-14-6)84-94-130-114(120)102-76-80-106(124-88-68-60-52-44-36-28-20-12-4)110(98-102)128-92-72-64-56-48-40-32-24-16-8/h73-80,95-98H,9-72,81-94H2,1-8H3. The highest BCUT2D eigenvalue weighted by Crippen LogP contribution is 2.35. The van der Waals surface area contributed by atoms with Crippen molar-refractivity contribution >= 4 is 23.8 Å². The fourth-order valence-corrected chi connectivity index (χ4v) is 16.7. The molecule has 0 unspecified atom stereocenters. The molecule has 130 heavy (non-hydrogen) atoms. The van der Waals surface area contributed by atoms with E-state index in [9.17, 15) is 9.59 Å². The van der Waals surface area contributed by atoms with E-state index in [1.807, 2.05) is 24.3 Å². The minimum absolute atomic E-state index is 0.00438. The lowest BCUT2D eigenvalue weighted by molar-refractivity contribution is 0.0388. The third-order valence-corrected chi connectivity index (χ3v) is 25.2. The third-order valence-electron chi connectivity index (χ3n) is 25.2. The molecule has 0 atom stereocenters. The molecule has 4 rings (SSSR count). The minimum atomic E-state index is -0.568. The molecule has 0 aliphatic carbocycles. The van der Waals surface area contributed by atoms with E-state index in [2.05, 4.69) is 55.4 Å². The molecule has 0 heterocycles. The van der Waals surface area contributed by atoms with Crippen molar-refractivity contribution in [3.8, 4) is 46.0 Å². The zero-order valence-corrected chi connectivity index (χ0v) is 84.7.